The molecule has 1 fully saturated rings. The van der Waals surface area contributed by atoms with E-state index in [0.717, 1.165) is 15.2 Å². The first-order chi connectivity index (χ1) is 5.27. The van der Waals surface area contributed by atoms with Gasteiger partial charge < -0.3 is 5.73 Å². The summed E-state index contributed by atoms with van der Waals surface area (Å²) in [5.74, 6) is 0.814. The molecule has 0 amide bonds. The first kappa shape index (κ1) is 7.40. The van der Waals surface area contributed by atoms with Gasteiger partial charge in [0.1, 0.15) is 0 Å². The normalized spacial score (nSPS) is 16.8. The van der Waals surface area contributed by atoms with Gasteiger partial charge in [-0.15, -0.1) is 0 Å². The zero-order chi connectivity index (χ0) is 7.84. The van der Waals surface area contributed by atoms with Crippen LogP contribution in [0.1, 0.15) is 24.3 Å². The van der Waals surface area contributed by atoms with Crippen LogP contribution in [-0.2, 0) is 0 Å². The van der Waals surface area contributed by atoms with Crippen LogP contribution < -0.4 is 5.73 Å². The van der Waals surface area contributed by atoms with Crippen molar-refractivity contribution >= 4 is 28.3 Å². The molecule has 0 unspecified atom stereocenters. The largest absolute Gasteiger partial charge is 0.398 e. The summed E-state index contributed by atoms with van der Waals surface area (Å²) in [5.41, 5.74) is 8.12. The summed E-state index contributed by atoms with van der Waals surface area (Å²) in [6.07, 6.45) is 2.69. The molecule has 0 spiro atoms. The highest BCUT2D eigenvalue weighted by Crippen LogP contribution is 2.40. The number of hydrogen-bond donors (Lipinski definition) is 1. The zero-order valence-electron chi connectivity index (χ0n) is 6.18. The number of nitrogen functional groups attached to an aromatic ring is 1. The fraction of sp³-hybridized carbons (Fsp3) is 0.333. The Bertz CT molecular complexity index is 279. The monoisotopic (exact) mass is 259 g/mol. The van der Waals surface area contributed by atoms with Crippen molar-refractivity contribution < 1.29 is 0 Å². The Kier molecular flexibility index (Phi) is 1.79. The van der Waals surface area contributed by atoms with Crippen LogP contribution in [0.5, 0.6) is 0 Å². The molecule has 2 heteroatoms. The van der Waals surface area contributed by atoms with Crippen LogP contribution in [0.3, 0.4) is 0 Å². The minimum Gasteiger partial charge on any atom is -0.398 e. The van der Waals surface area contributed by atoms with Gasteiger partial charge in [-0.3, -0.25) is 0 Å². The Morgan fingerprint density at radius 1 is 1.36 bits per heavy atom. The molecule has 0 aromatic heterocycles. The van der Waals surface area contributed by atoms with E-state index in [9.17, 15) is 0 Å². The third-order valence-electron chi connectivity index (χ3n) is 2.07. The smallest absolute Gasteiger partial charge is 0.0452 e. The summed E-state index contributed by atoms with van der Waals surface area (Å²) in [4.78, 5) is 0. The van der Waals surface area contributed by atoms with E-state index in [2.05, 4.69) is 40.8 Å². The molecular formula is C9H10IN. The lowest BCUT2D eigenvalue weighted by atomic mass is 10.1. The third kappa shape index (κ3) is 1.50. The summed E-state index contributed by atoms with van der Waals surface area (Å²) < 4.78 is 1.16. The van der Waals surface area contributed by atoms with Gasteiger partial charge in [0.05, 0.1) is 0 Å². The van der Waals surface area contributed by atoms with Gasteiger partial charge in [0, 0.05) is 9.26 Å². The molecule has 11 heavy (non-hydrogen) atoms. The van der Waals surface area contributed by atoms with Crippen LogP contribution >= 0.6 is 22.6 Å². The molecule has 58 valence electrons. The van der Waals surface area contributed by atoms with Crippen molar-refractivity contribution in [3.8, 4) is 0 Å². The lowest BCUT2D eigenvalue weighted by molar-refractivity contribution is 1.13. The van der Waals surface area contributed by atoms with Crippen molar-refractivity contribution in [1.29, 1.82) is 0 Å². The van der Waals surface area contributed by atoms with Crippen molar-refractivity contribution in [3.63, 3.8) is 0 Å². The average molecular weight is 259 g/mol. The van der Waals surface area contributed by atoms with Crippen molar-refractivity contribution in [1.82, 2.24) is 0 Å². The van der Waals surface area contributed by atoms with Crippen LogP contribution in [0.2, 0.25) is 0 Å². The first-order valence-corrected chi connectivity index (χ1v) is 4.90. The number of anilines is 1. The van der Waals surface area contributed by atoms with Crippen molar-refractivity contribution in [2.75, 3.05) is 5.73 Å². The van der Waals surface area contributed by atoms with E-state index in [-0.39, 0.29) is 0 Å². The molecule has 1 aromatic rings. The number of halogens is 1. The van der Waals surface area contributed by atoms with Crippen molar-refractivity contribution in [2.45, 2.75) is 18.8 Å². The van der Waals surface area contributed by atoms with Crippen LogP contribution in [0.25, 0.3) is 0 Å². The van der Waals surface area contributed by atoms with Gasteiger partial charge in [-0.25, -0.2) is 0 Å². The van der Waals surface area contributed by atoms with Gasteiger partial charge in [-0.2, -0.15) is 0 Å². The van der Waals surface area contributed by atoms with Crippen LogP contribution in [0, 0.1) is 3.57 Å². The zero-order valence-corrected chi connectivity index (χ0v) is 8.34. The van der Waals surface area contributed by atoms with Gasteiger partial charge in [-0.05, 0) is 59.0 Å². The first-order valence-electron chi connectivity index (χ1n) is 3.82. The molecule has 0 atom stereocenters. The standard InChI is InChI=1S/C9H10IN/c10-8-4-3-7(5-9(8)11)6-1-2-6/h3-6H,1-2,11H2. The van der Waals surface area contributed by atoms with E-state index in [1.54, 1.807) is 0 Å². The number of nitrogens with two attached hydrogens (primary N) is 1. The highest BCUT2D eigenvalue weighted by molar-refractivity contribution is 14.1. The molecule has 1 aliphatic carbocycles. The maximum Gasteiger partial charge on any atom is 0.0452 e. The average Bonchev–Trinajstić information content (AvgIpc) is 2.77. The molecule has 1 saturated carbocycles. The molecule has 0 aliphatic heterocycles. The van der Waals surface area contributed by atoms with E-state index < -0.39 is 0 Å². The fourth-order valence-electron chi connectivity index (χ4n) is 1.23. The summed E-state index contributed by atoms with van der Waals surface area (Å²) in [6.45, 7) is 0. The molecule has 0 radical (unpaired) electrons. The Labute approximate surface area is 80.1 Å². The molecule has 1 nitrogen and oxygen atoms in total. The summed E-state index contributed by atoms with van der Waals surface area (Å²) >= 11 is 2.26. The van der Waals surface area contributed by atoms with Gasteiger partial charge in [0.2, 0.25) is 0 Å². The highest BCUT2D eigenvalue weighted by atomic mass is 127. The predicted octanol–water partition coefficient (Wildman–Crippen LogP) is 2.75. The number of benzene rings is 1. The van der Waals surface area contributed by atoms with Gasteiger partial charge in [-0.1, -0.05) is 6.07 Å². The molecule has 1 aliphatic rings. The van der Waals surface area contributed by atoms with Gasteiger partial charge in [0.25, 0.3) is 0 Å². The Morgan fingerprint density at radius 3 is 2.64 bits per heavy atom. The van der Waals surface area contributed by atoms with E-state index >= 15 is 0 Å². The second-order valence-electron chi connectivity index (χ2n) is 3.06. The topological polar surface area (TPSA) is 26.0 Å². The fourth-order valence-corrected chi connectivity index (χ4v) is 1.57. The Hall–Kier alpha value is -0.250. The lowest BCUT2D eigenvalue weighted by Gasteiger charge is -2.01. The van der Waals surface area contributed by atoms with Gasteiger partial charge in [0.15, 0.2) is 0 Å². The van der Waals surface area contributed by atoms with Crippen LogP contribution in [0.4, 0.5) is 5.69 Å². The maximum atomic E-state index is 5.78. The molecule has 0 bridgehead atoms. The van der Waals surface area contributed by atoms with E-state index in [4.69, 9.17) is 5.73 Å². The molecule has 2 rings (SSSR count). The van der Waals surface area contributed by atoms with Crippen molar-refractivity contribution in [2.24, 2.45) is 0 Å². The summed E-state index contributed by atoms with van der Waals surface area (Å²) in [6, 6.07) is 6.40. The van der Waals surface area contributed by atoms with Gasteiger partial charge >= 0.3 is 0 Å². The van der Waals surface area contributed by atoms with E-state index in [0.29, 0.717) is 0 Å². The summed E-state index contributed by atoms with van der Waals surface area (Å²) in [7, 11) is 0. The second-order valence-corrected chi connectivity index (χ2v) is 4.22. The molecule has 1 aromatic carbocycles. The molecular weight excluding hydrogens is 249 g/mol. The van der Waals surface area contributed by atoms with Crippen molar-refractivity contribution in [3.05, 3.63) is 27.3 Å². The van der Waals surface area contributed by atoms with Crippen LogP contribution in [0.15, 0.2) is 18.2 Å². The summed E-state index contributed by atoms with van der Waals surface area (Å²) in [5, 5.41) is 0. The molecule has 0 saturated heterocycles. The Balaban J connectivity index is 2.36. The minimum atomic E-state index is 0.814. The molecule has 2 N–H and O–H groups in total. The number of hydrogen-bond acceptors (Lipinski definition) is 1. The molecule has 0 heterocycles. The Morgan fingerprint density at radius 2 is 2.09 bits per heavy atom. The predicted molar refractivity (Wildman–Crippen MR) is 55.5 cm³/mol. The van der Waals surface area contributed by atoms with E-state index in [1.165, 1.54) is 18.4 Å². The highest BCUT2D eigenvalue weighted by Gasteiger charge is 2.23. The second kappa shape index (κ2) is 2.66. The maximum absolute atomic E-state index is 5.78. The van der Waals surface area contributed by atoms with E-state index in [1.807, 2.05) is 0 Å². The quantitative estimate of drug-likeness (QED) is 0.609. The third-order valence-corrected chi connectivity index (χ3v) is 3.05. The minimum absolute atomic E-state index is 0.814. The lowest BCUT2D eigenvalue weighted by Crippen LogP contribution is -1.90. The number of rotatable bonds is 1. The van der Waals surface area contributed by atoms with Crippen LogP contribution in [-0.4, -0.2) is 0 Å². The SMILES string of the molecule is Nc1cc(C2CC2)ccc1I.